The van der Waals surface area contributed by atoms with Crippen LogP contribution in [0.4, 0.5) is 15.4 Å². The topological polar surface area (TPSA) is 111 Å². The van der Waals surface area contributed by atoms with E-state index < -0.39 is 23.3 Å². The van der Waals surface area contributed by atoms with Crippen molar-refractivity contribution in [2.75, 3.05) is 5.73 Å². The second-order valence-electron chi connectivity index (χ2n) is 6.53. The molecule has 1 aromatic rings. The van der Waals surface area contributed by atoms with Crippen molar-refractivity contribution in [3.63, 3.8) is 0 Å². The van der Waals surface area contributed by atoms with Gasteiger partial charge >= 0.3 is 12.2 Å². The fraction of sp³-hybridized carbons (Fsp3) is 0.615. The normalized spacial score (nSPS) is 16.7. The number of anilines is 1. The number of hydrogen-bond acceptors (Lipinski definition) is 5. The summed E-state index contributed by atoms with van der Waals surface area (Å²) in [5, 5.41) is 13.1. The molecule has 1 amide bonds. The molecule has 0 saturated heterocycles. The molecule has 0 radical (unpaired) electrons. The van der Waals surface area contributed by atoms with E-state index in [1.54, 1.807) is 34.6 Å². The molecule has 0 unspecified atom stereocenters. The van der Waals surface area contributed by atoms with Gasteiger partial charge in [0.1, 0.15) is 11.4 Å². The second-order valence-corrected chi connectivity index (χ2v) is 6.53. The first-order valence-electron chi connectivity index (χ1n) is 6.57. The first-order valence-corrected chi connectivity index (χ1v) is 6.57. The molecule has 1 aromatic heterocycles. The summed E-state index contributed by atoms with van der Waals surface area (Å²) in [5.41, 5.74) is 5.44. The molecule has 0 aliphatic carbocycles. The van der Waals surface area contributed by atoms with Gasteiger partial charge in [0, 0.05) is 5.56 Å². The third-order valence-electron chi connectivity index (χ3n) is 3.39. The SMILES string of the molecule is CC(C)(C)OC(=O)N1Cc2c(nn(C(=O)O)c2N)C1(C)C. The van der Waals surface area contributed by atoms with E-state index in [4.69, 9.17) is 15.6 Å². The lowest BCUT2D eigenvalue weighted by molar-refractivity contribution is 0.00444. The second kappa shape index (κ2) is 4.37. The number of nitrogen functional groups attached to an aromatic ring is 1. The zero-order valence-corrected chi connectivity index (χ0v) is 12.8. The fourth-order valence-electron chi connectivity index (χ4n) is 2.35. The molecule has 0 atom stereocenters. The Balaban J connectivity index is 2.36. The molecule has 0 aromatic carbocycles. The minimum absolute atomic E-state index is 0.0385. The van der Waals surface area contributed by atoms with Crippen LogP contribution in [0.3, 0.4) is 0 Å². The van der Waals surface area contributed by atoms with E-state index >= 15 is 0 Å². The van der Waals surface area contributed by atoms with Crippen molar-refractivity contribution in [2.45, 2.75) is 52.3 Å². The summed E-state index contributed by atoms with van der Waals surface area (Å²) in [6.45, 7) is 9.09. The Kier molecular flexibility index (Phi) is 3.15. The van der Waals surface area contributed by atoms with Crippen LogP contribution in [0.5, 0.6) is 0 Å². The number of nitrogens with zero attached hydrogens (tertiary/aromatic N) is 3. The summed E-state index contributed by atoms with van der Waals surface area (Å²) in [4.78, 5) is 24.8. The molecule has 8 heteroatoms. The Bertz CT molecular complexity index is 612. The van der Waals surface area contributed by atoms with Crippen molar-refractivity contribution in [2.24, 2.45) is 0 Å². The summed E-state index contributed by atoms with van der Waals surface area (Å²) in [6.07, 6.45) is -1.73. The number of ether oxygens (including phenoxy) is 1. The van der Waals surface area contributed by atoms with Crippen LogP contribution in [0.15, 0.2) is 0 Å². The van der Waals surface area contributed by atoms with Crippen LogP contribution >= 0.6 is 0 Å². The molecule has 116 valence electrons. The third-order valence-corrected chi connectivity index (χ3v) is 3.39. The highest BCUT2D eigenvalue weighted by atomic mass is 16.6. The lowest BCUT2D eigenvalue weighted by atomic mass is 10.0. The number of carbonyl (C=O) groups excluding carboxylic acids is 1. The first-order chi connectivity index (χ1) is 9.45. The lowest BCUT2D eigenvalue weighted by Crippen LogP contribution is -2.43. The Morgan fingerprint density at radius 3 is 2.38 bits per heavy atom. The summed E-state index contributed by atoms with van der Waals surface area (Å²) in [5.74, 6) is 0.0385. The van der Waals surface area contributed by atoms with Gasteiger partial charge in [-0.15, -0.1) is 4.68 Å². The maximum atomic E-state index is 12.3. The van der Waals surface area contributed by atoms with Crippen molar-refractivity contribution in [3.05, 3.63) is 11.3 Å². The largest absolute Gasteiger partial charge is 0.463 e. The minimum Gasteiger partial charge on any atom is -0.463 e. The van der Waals surface area contributed by atoms with Crippen molar-refractivity contribution >= 4 is 18.0 Å². The van der Waals surface area contributed by atoms with Crippen molar-refractivity contribution < 1.29 is 19.4 Å². The standard InChI is InChI=1S/C13H20N4O4/c1-12(2,3)21-11(20)16-6-7-8(13(16,4)5)15-17(9(7)14)10(18)19/h6,14H2,1-5H3,(H,18,19). The molecular weight excluding hydrogens is 276 g/mol. The third kappa shape index (κ3) is 2.41. The highest BCUT2D eigenvalue weighted by Gasteiger charge is 2.46. The van der Waals surface area contributed by atoms with Gasteiger partial charge in [0.05, 0.1) is 17.8 Å². The van der Waals surface area contributed by atoms with Crippen LogP contribution in [0, 0.1) is 0 Å². The predicted octanol–water partition coefficient (Wildman–Crippen LogP) is 1.98. The Morgan fingerprint density at radius 1 is 1.38 bits per heavy atom. The fourth-order valence-corrected chi connectivity index (χ4v) is 2.35. The number of hydrogen-bond donors (Lipinski definition) is 2. The monoisotopic (exact) mass is 296 g/mol. The van der Waals surface area contributed by atoms with E-state index in [2.05, 4.69) is 5.10 Å². The minimum atomic E-state index is -1.25. The number of carboxylic acid groups (broad SMARTS) is 1. The van der Waals surface area contributed by atoms with E-state index in [-0.39, 0.29) is 12.4 Å². The highest BCUT2D eigenvalue weighted by molar-refractivity contribution is 5.76. The molecule has 0 spiro atoms. The number of carbonyl (C=O) groups is 2. The van der Waals surface area contributed by atoms with Gasteiger partial charge in [-0.25, -0.2) is 9.59 Å². The Hall–Kier alpha value is -2.25. The molecule has 1 aliphatic heterocycles. The van der Waals surface area contributed by atoms with E-state index in [0.717, 1.165) is 4.68 Å². The van der Waals surface area contributed by atoms with Gasteiger partial charge in [0.2, 0.25) is 0 Å². The average Bonchev–Trinajstić information content (AvgIpc) is 2.73. The molecule has 2 rings (SSSR count). The average molecular weight is 296 g/mol. The molecule has 1 aliphatic rings. The Labute approximate surface area is 122 Å². The summed E-state index contributed by atoms with van der Waals surface area (Å²) in [7, 11) is 0. The summed E-state index contributed by atoms with van der Waals surface area (Å²) in [6, 6.07) is 0. The van der Waals surface area contributed by atoms with E-state index in [1.165, 1.54) is 4.90 Å². The van der Waals surface area contributed by atoms with E-state index in [1.807, 2.05) is 0 Å². The number of amides is 1. The van der Waals surface area contributed by atoms with Crippen molar-refractivity contribution in [3.8, 4) is 0 Å². The van der Waals surface area contributed by atoms with Gasteiger partial charge in [-0.3, -0.25) is 4.90 Å². The number of rotatable bonds is 0. The van der Waals surface area contributed by atoms with Crippen LogP contribution in [0.25, 0.3) is 0 Å². The van der Waals surface area contributed by atoms with Gasteiger partial charge in [0.25, 0.3) is 0 Å². The van der Waals surface area contributed by atoms with E-state index in [0.29, 0.717) is 11.3 Å². The number of nitrogens with two attached hydrogens (primary N) is 1. The first kappa shape index (κ1) is 15.1. The van der Waals surface area contributed by atoms with Gasteiger partial charge in [-0.1, -0.05) is 0 Å². The maximum Gasteiger partial charge on any atom is 0.434 e. The van der Waals surface area contributed by atoms with Gasteiger partial charge in [-0.05, 0) is 34.6 Å². The number of fused-ring (bicyclic) bond motifs is 1. The molecule has 0 saturated carbocycles. The summed E-state index contributed by atoms with van der Waals surface area (Å²) < 4.78 is 6.11. The zero-order valence-electron chi connectivity index (χ0n) is 12.8. The highest BCUT2D eigenvalue weighted by Crippen LogP contribution is 2.41. The van der Waals surface area contributed by atoms with Crippen LogP contribution < -0.4 is 5.73 Å². The van der Waals surface area contributed by atoms with E-state index in [9.17, 15) is 9.59 Å². The number of aromatic nitrogens is 2. The zero-order chi connectivity index (χ0) is 16.2. The maximum absolute atomic E-state index is 12.3. The van der Waals surface area contributed by atoms with Crippen molar-refractivity contribution in [1.82, 2.24) is 14.7 Å². The smallest absolute Gasteiger partial charge is 0.434 e. The van der Waals surface area contributed by atoms with Gasteiger partial charge in [0.15, 0.2) is 0 Å². The van der Waals surface area contributed by atoms with Crippen LogP contribution in [0.2, 0.25) is 0 Å². The lowest BCUT2D eigenvalue weighted by Gasteiger charge is -2.33. The quantitative estimate of drug-likeness (QED) is 0.757. The van der Waals surface area contributed by atoms with Gasteiger partial charge in [-0.2, -0.15) is 5.10 Å². The van der Waals surface area contributed by atoms with Crippen LogP contribution in [-0.4, -0.2) is 37.6 Å². The molecule has 0 fully saturated rings. The van der Waals surface area contributed by atoms with Crippen molar-refractivity contribution in [1.29, 1.82) is 0 Å². The molecular formula is C13H20N4O4. The predicted molar refractivity (Wildman–Crippen MR) is 74.9 cm³/mol. The molecule has 21 heavy (non-hydrogen) atoms. The molecule has 2 heterocycles. The van der Waals surface area contributed by atoms with Gasteiger partial charge < -0.3 is 15.6 Å². The van der Waals surface area contributed by atoms with Crippen LogP contribution in [-0.2, 0) is 16.8 Å². The molecule has 8 nitrogen and oxygen atoms in total. The van der Waals surface area contributed by atoms with Crippen LogP contribution in [0.1, 0.15) is 45.9 Å². The molecule has 3 N–H and O–H groups in total. The Morgan fingerprint density at radius 2 is 1.95 bits per heavy atom. The molecule has 0 bridgehead atoms. The summed E-state index contributed by atoms with van der Waals surface area (Å²) >= 11 is 0.